The molecule has 0 radical (unpaired) electrons. The average molecular weight is 372 g/mol. The third-order valence-electron chi connectivity index (χ3n) is 5.10. The highest BCUT2D eigenvalue weighted by Gasteiger charge is 2.21. The van der Waals surface area contributed by atoms with E-state index in [4.69, 9.17) is 11.6 Å². The number of piperidine rings is 1. The van der Waals surface area contributed by atoms with Crippen molar-refractivity contribution in [3.63, 3.8) is 0 Å². The van der Waals surface area contributed by atoms with E-state index in [0.29, 0.717) is 0 Å². The van der Waals surface area contributed by atoms with Gasteiger partial charge in [-0.1, -0.05) is 18.0 Å². The van der Waals surface area contributed by atoms with Crippen LogP contribution in [-0.2, 0) is 0 Å². The van der Waals surface area contributed by atoms with Crippen LogP contribution in [0.25, 0.3) is 16.6 Å². The number of fused-ring (bicyclic) bond motifs is 1. The van der Waals surface area contributed by atoms with E-state index in [-0.39, 0.29) is 5.82 Å². The summed E-state index contributed by atoms with van der Waals surface area (Å²) in [4.78, 5) is 0. The smallest absolute Gasteiger partial charge is 0.123 e. The van der Waals surface area contributed by atoms with Crippen molar-refractivity contribution in [3.05, 3.63) is 59.5 Å². The summed E-state index contributed by atoms with van der Waals surface area (Å²) in [5.41, 5.74) is 3.17. The zero-order valence-corrected chi connectivity index (χ0v) is 15.7. The van der Waals surface area contributed by atoms with E-state index in [1.54, 1.807) is 0 Å². The summed E-state index contributed by atoms with van der Waals surface area (Å²) in [5.74, 6) is -0.225. The Morgan fingerprint density at radius 2 is 1.77 bits per heavy atom. The maximum absolute atomic E-state index is 13.4. The quantitative estimate of drug-likeness (QED) is 0.587. The van der Waals surface area contributed by atoms with Crippen molar-refractivity contribution < 1.29 is 4.39 Å². The number of rotatable bonds is 4. The van der Waals surface area contributed by atoms with E-state index in [9.17, 15) is 4.39 Å². The predicted molar refractivity (Wildman–Crippen MR) is 107 cm³/mol. The highest BCUT2D eigenvalue weighted by molar-refractivity contribution is 6.31. The number of benzene rings is 2. The minimum absolute atomic E-state index is 0.225. The fraction of sp³-hybridized carbons (Fsp3) is 0.333. The second-order valence-corrected chi connectivity index (χ2v) is 7.19. The number of anilines is 1. The van der Waals surface area contributed by atoms with Crippen molar-refractivity contribution >= 4 is 28.2 Å². The van der Waals surface area contributed by atoms with Gasteiger partial charge in [-0.05, 0) is 62.2 Å². The molecule has 1 saturated heterocycles. The van der Waals surface area contributed by atoms with E-state index < -0.39 is 0 Å². The summed E-state index contributed by atoms with van der Waals surface area (Å²) < 4.78 is 15.5. The molecule has 5 heteroatoms. The Kier molecular flexibility index (Phi) is 4.88. The van der Waals surface area contributed by atoms with Crippen molar-refractivity contribution in [2.24, 2.45) is 0 Å². The number of halogens is 2. The second-order valence-electron chi connectivity index (χ2n) is 6.75. The SMILES string of the molecule is CCN(c1cn(-c2ccc(F)cc2)c2ccc(Cl)cc12)N1CCCCC1. The van der Waals surface area contributed by atoms with Gasteiger partial charge in [-0.2, -0.15) is 0 Å². The number of hydrazine groups is 1. The van der Waals surface area contributed by atoms with Crippen LogP contribution >= 0.6 is 11.6 Å². The zero-order valence-electron chi connectivity index (χ0n) is 15.0. The van der Waals surface area contributed by atoms with Crippen LogP contribution in [0.2, 0.25) is 5.02 Å². The lowest BCUT2D eigenvalue weighted by atomic mass is 10.1. The van der Waals surface area contributed by atoms with E-state index in [1.165, 1.54) is 31.4 Å². The third kappa shape index (κ3) is 3.19. The van der Waals surface area contributed by atoms with Crippen LogP contribution in [0.3, 0.4) is 0 Å². The number of hydrogen-bond acceptors (Lipinski definition) is 2. The number of hydrogen-bond donors (Lipinski definition) is 0. The van der Waals surface area contributed by atoms with Gasteiger partial charge in [0.1, 0.15) is 5.82 Å². The van der Waals surface area contributed by atoms with Gasteiger partial charge in [0, 0.05) is 41.9 Å². The summed E-state index contributed by atoms with van der Waals surface area (Å²) >= 11 is 6.31. The van der Waals surface area contributed by atoms with E-state index in [1.807, 2.05) is 30.3 Å². The van der Waals surface area contributed by atoms with Crippen molar-refractivity contribution in [1.29, 1.82) is 0 Å². The van der Waals surface area contributed by atoms with Gasteiger partial charge in [0.05, 0.1) is 11.2 Å². The van der Waals surface area contributed by atoms with Gasteiger partial charge < -0.3 is 9.58 Å². The predicted octanol–water partition coefficient (Wildman–Crippen LogP) is 5.65. The summed E-state index contributed by atoms with van der Waals surface area (Å²) in [6, 6.07) is 12.6. The standard InChI is InChI=1S/C21H23ClFN3/c1-2-26(24-12-4-3-5-13-24)21-15-25(18-9-7-17(23)8-10-18)20-11-6-16(22)14-19(20)21/h6-11,14-15H,2-5,12-13H2,1H3. The van der Waals surface area contributed by atoms with Gasteiger partial charge in [0.15, 0.2) is 0 Å². The molecule has 0 unspecified atom stereocenters. The monoisotopic (exact) mass is 371 g/mol. The first kappa shape index (κ1) is 17.4. The number of aromatic nitrogens is 1. The molecule has 2 heterocycles. The fourth-order valence-electron chi connectivity index (χ4n) is 3.85. The van der Waals surface area contributed by atoms with Gasteiger partial charge in [-0.3, -0.25) is 0 Å². The maximum Gasteiger partial charge on any atom is 0.123 e. The first-order valence-corrected chi connectivity index (χ1v) is 9.64. The van der Waals surface area contributed by atoms with Crippen molar-refractivity contribution in [2.45, 2.75) is 26.2 Å². The second kappa shape index (κ2) is 7.29. The molecule has 0 amide bonds. The highest BCUT2D eigenvalue weighted by Crippen LogP contribution is 2.34. The van der Waals surface area contributed by atoms with Gasteiger partial charge in [0.25, 0.3) is 0 Å². The molecule has 1 fully saturated rings. The van der Waals surface area contributed by atoms with E-state index >= 15 is 0 Å². The van der Waals surface area contributed by atoms with Crippen molar-refractivity contribution in [2.75, 3.05) is 24.6 Å². The Bertz CT molecular complexity index is 898. The Morgan fingerprint density at radius 3 is 2.46 bits per heavy atom. The molecule has 136 valence electrons. The van der Waals surface area contributed by atoms with Crippen LogP contribution in [0.15, 0.2) is 48.7 Å². The molecule has 0 aliphatic carbocycles. The van der Waals surface area contributed by atoms with Gasteiger partial charge in [0.2, 0.25) is 0 Å². The zero-order chi connectivity index (χ0) is 18.1. The summed E-state index contributed by atoms with van der Waals surface area (Å²) in [5, 5.41) is 6.64. The minimum atomic E-state index is -0.225. The Labute approximate surface area is 158 Å². The fourth-order valence-corrected chi connectivity index (χ4v) is 4.02. The first-order chi connectivity index (χ1) is 12.7. The normalized spacial score (nSPS) is 15.5. The molecule has 0 saturated carbocycles. The largest absolute Gasteiger partial charge is 0.314 e. The molecule has 3 nitrogen and oxygen atoms in total. The summed E-state index contributed by atoms with van der Waals surface area (Å²) in [6.45, 7) is 5.24. The van der Waals surface area contributed by atoms with Crippen LogP contribution in [0.5, 0.6) is 0 Å². The first-order valence-electron chi connectivity index (χ1n) is 9.26. The molecule has 2 aromatic carbocycles. The molecule has 1 aliphatic heterocycles. The Hall–Kier alpha value is -2.04. The van der Waals surface area contributed by atoms with Gasteiger partial charge in [-0.15, -0.1) is 0 Å². The Morgan fingerprint density at radius 1 is 1.04 bits per heavy atom. The molecule has 4 rings (SSSR count). The molecule has 1 aliphatic rings. The summed E-state index contributed by atoms with van der Waals surface area (Å²) in [6.07, 6.45) is 5.91. The van der Waals surface area contributed by atoms with Gasteiger partial charge in [-0.25, -0.2) is 9.40 Å². The lowest BCUT2D eigenvalue weighted by Crippen LogP contribution is -2.45. The lowest BCUT2D eigenvalue weighted by molar-refractivity contribution is 0.211. The van der Waals surface area contributed by atoms with Crippen LogP contribution < -0.4 is 5.01 Å². The molecular weight excluding hydrogens is 349 g/mol. The van der Waals surface area contributed by atoms with E-state index in [2.05, 4.69) is 27.7 Å². The average Bonchev–Trinajstić information content (AvgIpc) is 3.02. The van der Waals surface area contributed by atoms with Crippen LogP contribution in [0, 0.1) is 5.82 Å². The molecule has 0 N–H and O–H groups in total. The van der Waals surface area contributed by atoms with Crippen molar-refractivity contribution in [3.8, 4) is 5.69 Å². The molecule has 3 aromatic rings. The molecular formula is C21H23ClFN3. The van der Waals surface area contributed by atoms with Crippen LogP contribution in [-0.4, -0.2) is 29.2 Å². The molecule has 0 bridgehead atoms. The number of nitrogens with zero attached hydrogens (tertiary/aromatic N) is 3. The maximum atomic E-state index is 13.4. The molecule has 26 heavy (non-hydrogen) atoms. The van der Waals surface area contributed by atoms with E-state index in [0.717, 1.165) is 46.9 Å². The minimum Gasteiger partial charge on any atom is -0.314 e. The van der Waals surface area contributed by atoms with Crippen molar-refractivity contribution in [1.82, 2.24) is 9.58 Å². The molecule has 0 atom stereocenters. The van der Waals surface area contributed by atoms with Crippen LogP contribution in [0.1, 0.15) is 26.2 Å². The lowest BCUT2D eigenvalue weighted by Gasteiger charge is -2.38. The topological polar surface area (TPSA) is 11.4 Å². The van der Waals surface area contributed by atoms with Gasteiger partial charge >= 0.3 is 0 Å². The third-order valence-corrected chi connectivity index (χ3v) is 5.34. The highest BCUT2D eigenvalue weighted by atomic mass is 35.5. The Balaban J connectivity index is 1.85. The molecule has 1 aromatic heterocycles. The van der Waals surface area contributed by atoms with Crippen LogP contribution in [0.4, 0.5) is 10.1 Å². The molecule has 0 spiro atoms. The summed E-state index contributed by atoms with van der Waals surface area (Å²) in [7, 11) is 0.